The summed E-state index contributed by atoms with van der Waals surface area (Å²) in [5, 5.41) is 11.4. The summed E-state index contributed by atoms with van der Waals surface area (Å²) < 4.78 is 5.31. The molecule has 0 bridgehead atoms. The van der Waals surface area contributed by atoms with Gasteiger partial charge in [0.25, 0.3) is 0 Å². The standard InChI is InChI=1S/C26H33ClN6O3/c1-26(2,3)22-16-23(30-24(34)29-20-9-7-19(27)8-10-20)33(31-22)21-6-4-5-18(15-21)17-28-25(35)32-11-13-36-14-12-32/h4-10,15-16,23,31H,11-14,17H2,1-3H3,(H,28,35)(H2,29,30,34). The lowest BCUT2D eigenvalue weighted by atomic mass is 9.92. The number of anilines is 2. The lowest BCUT2D eigenvalue weighted by Crippen LogP contribution is -2.50. The molecule has 2 aliphatic heterocycles. The Bertz CT molecular complexity index is 1110. The van der Waals surface area contributed by atoms with Crippen LogP contribution in [0.5, 0.6) is 0 Å². The molecule has 4 amide bonds. The molecular weight excluding hydrogens is 480 g/mol. The molecule has 1 atom stereocenters. The molecule has 4 N–H and O–H groups in total. The lowest BCUT2D eigenvalue weighted by molar-refractivity contribution is 0.0531. The van der Waals surface area contributed by atoms with Gasteiger partial charge in [0.1, 0.15) is 6.17 Å². The maximum atomic E-state index is 12.8. The summed E-state index contributed by atoms with van der Waals surface area (Å²) in [5.74, 6) is 0. The summed E-state index contributed by atoms with van der Waals surface area (Å²) in [6.45, 7) is 9.03. The third kappa shape index (κ3) is 6.61. The van der Waals surface area contributed by atoms with Crippen LogP contribution < -0.4 is 26.4 Å². The number of allylic oxidation sites excluding steroid dienone is 1. The molecule has 10 heteroatoms. The van der Waals surface area contributed by atoms with E-state index in [9.17, 15) is 9.59 Å². The SMILES string of the molecule is CC(C)(C)C1=CC(NC(=O)Nc2ccc(Cl)cc2)N(c2cccc(CNC(=O)N3CCOCC3)c2)N1. The van der Waals surface area contributed by atoms with E-state index in [-0.39, 0.29) is 17.5 Å². The molecule has 1 unspecified atom stereocenters. The Kier molecular flexibility index (Phi) is 7.91. The van der Waals surface area contributed by atoms with Crippen molar-refractivity contribution in [2.24, 2.45) is 5.41 Å². The van der Waals surface area contributed by atoms with Gasteiger partial charge in [-0.2, -0.15) is 0 Å². The number of nitrogens with one attached hydrogen (secondary N) is 4. The number of rotatable bonds is 5. The number of carbonyl (C=O) groups is 2. The Morgan fingerprint density at radius 2 is 1.83 bits per heavy atom. The first-order valence-electron chi connectivity index (χ1n) is 12.0. The van der Waals surface area contributed by atoms with Crippen LogP contribution in [0.4, 0.5) is 21.0 Å². The fourth-order valence-electron chi connectivity index (χ4n) is 3.92. The van der Waals surface area contributed by atoms with Crippen molar-refractivity contribution >= 4 is 35.0 Å². The summed E-state index contributed by atoms with van der Waals surface area (Å²) in [6.07, 6.45) is 1.58. The largest absolute Gasteiger partial charge is 0.378 e. The van der Waals surface area contributed by atoms with Crippen LogP contribution in [-0.2, 0) is 11.3 Å². The van der Waals surface area contributed by atoms with Gasteiger partial charge in [-0.25, -0.2) is 9.59 Å². The smallest absolute Gasteiger partial charge is 0.321 e. The number of hydrogen-bond donors (Lipinski definition) is 4. The van der Waals surface area contributed by atoms with E-state index in [0.717, 1.165) is 16.9 Å². The molecule has 4 rings (SSSR count). The summed E-state index contributed by atoms with van der Waals surface area (Å²) >= 11 is 5.94. The van der Waals surface area contributed by atoms with Crippen molar-refractivity contribution in [1.29, 1.82) is 0 Å². The minimum absolute atomic E-state index is 0.0990. The molecule has 2 aromatic carbocycles. The molecule has 0 radical (unpaired) electrons. The van der Waals surface area contributed by atoms with Gasteiger partial charge in [0.15, 0.2) is 0 Å². The number of ether oxygens (including phenoxy) is 1. The third-order valence-electron chi connectivity index (χ3n) is 5.96. The van der Waals surface area contributed by atoms with E-state index in [1.807, 2.05) is 35.4 Å². The van der Waals surface area contributed by atoms with E-state index >= 15 is 0 Å². The molecule has 36 heavy (non-hydrogen) atoms. The predicted molar refractivity (Wildman–Crippen MR) is 142 cm³/mol. The maximum Gasteiger partial charge on any atom is 0.321 e. The zero-order valence-corrected chi connectivity index (χ0v) is 21.6. The average molecular weight is 513 g/mol. The van der Waals surface area contributed by atoms with Crippen molar-refractivity contribution < 1.29 is 14.3 Å². The van der Waals surface area contributed by atoms with Crippen LogP contribution in [0.15, 0.2) is 60.3 Å². The van der Waals surface area contributed by atoms with E-state index in [2.05, 4.69) is 42.1 Å². The van der Waals surface area contributed by atoms with Crippen molar-refractivity contribution in [3.05, 3.63) is 70.9 Å². The maximum absolute atomic E-state index is 12.8. The fraction of sp³-hybridized carbons (Fsp3) is 0.385. The van der Waals surface area contributed by atoms with Crippen molar-refractivity contribution in [3.8, 4) is 0 Å². The number of morpholine rings is 1. The number of urea groups is 2. The second-order valence-corrected chi connectivity index (χ2v) is 10.2. The van der Waals surface area contributed by atoms with E-state index in [1.165, 1.54) is 0 Å². The molecule has 1 saturated heterocycles. The molecule has 0 aromatic heterocycles. The van der Waals surface area contributed by atoms with Crippen LogP contribution in [0.1, 0.15) is 26.3 Å². The Morgan fingerprint density at radius 1 is 1.11 bits per heavy atom. The van der Waals surface area contributed by atoms with Gasteiger partial charge in [-0.15, -0.1) is 0 Å². The topological polar surface area (TPSA) is 98.0 Å². The van der Waals surface area contributed by atoms with Gasteiger partial charge in [-0.05, 0) is 48.0 Å². The van der Waals surface area contributed by atoms with Gasteiger partial charge in [0.2, 0.25) is 0 Å². The number of hydrazine groups is 1. The molecular formula is C26H33ClN6O3. The van der Waals surface area contributed by atoms with Gasteiger partial charge < -0.3 is 25.6 Å². The predicted octanol–water partition coefficient (Wildman–Crippen LogP) is 4.28. The first-order chi connectivity index (χ1) is 17.2. The number of nitrogens with zero attached hydrogens (tertiary/aromatic N) is 2. The van der Waals surface area contributed by atoms with Crippen LogP contribution >= 0.6 is 11.6 Å². The summed E-state index contributed by atoms with van der Waals surface area (Å²) in [4.78, 5) is 27.0. The van der Waals surface area contributed by atoms with Gasteiger partial charge in [0, 0.05) is 41.5 Å². The fourth-order valence-corrected chi connectivity index (χ4v) is 4.05. The highest BCUT2D eigenvalue weighted by molar-refractivity contribution is 6.30. The second-order valence-electron chi connectivity index (χ2n) is 9.79. The molecule has 1 fully saturated rings. The van der Waals surface area contributed by atoms with Crippen molar-refractivity contribution in [2.45, 2.75) is 33.5 Å². The summed E-state index contributed by atoms with van der Waals surface area (Å²) in [7, 11) is 0. The highest BCUT2D eigenvalue weighted by Gasteiger charge is 2.32. The minimum atomic E-state index is -0.426. The molecule has 2 aliphatic rings. The zero-order valence-electron chi connectivity index (χ0n) is 20.8. The number of halogens is 1. The van der Waals surface area contributed by atoms with Gasteiger partial charge in [-0.1, -0.05) is 44.5 Å². The van der Waals surface area contributed by atoms with Crippen LogP contribution in [0.2, 0.25) is 5.02 Å². The second kappa shape index (κ2) is 11.1. The summed E-state index contributed by atoms with van der Waals surface area (Å²) in [5.41, 5.74) is 6.74. The monoisotopic (exact) mass is 512 g/mol. The van der Waals surface area contributed by atoms with Crippen molar-refractivity contribution in [1.82, 2.24) is 21.0 Å². The Labute approximate surface area is 216 Å². The highest BCUT2D eigenvalue weighted by atomic mass is 35.5. The van der Waals surface area contributed by atoms with E-state index in [1.54, 1.807) is 29.2 Å². The molecule has 2 aromatic rings. The first kappa shape index (κ1) is 25.7. The molecule has 192 valence electrons. The van der Waals surface area contributed by atoms with Crippen molar-refractivity contribution in [3.63, 3.8) is 0 Å². The van der Waals surface area contributed by atoms with Gasteiger partial charge in [0.05, 0.1) is 18.9 Å². The number of amides is 4. The summed E-state index contributed by atoms with van der Waals surface area (Å²) in [6, 6.07) is 14.4. The van der Waals surface area contributed by atoms with E-state index in [4.69, 9.17) is 16.3 Å². The minimum Gasteiger partial charge on any atom is -0.378 e. The van der Waals surface area contributed by atoms with Crippen LogP contribution in [0, 0.1) is 5.41 Å². The van der Waals surface area contributed by atoms with Crippen molar-refractivity contribution in [2.75, 3.05) is 36.6 Å². The molecule has 9 nitrogen and oxygen atoms in total. The Hall–Kier alpha value is -3.43. The van der Waals surface area contributed by atoms with E-state index in [0.29, 0.717) is 43.6 Å². The first-order valence-corrected chi connectivity index (χ1v) is 12.4. The van der Waals surface area contributed by atoms with Crippen LogP contribution in [0.25, 0.3) is 0 Å². The quantitative estimate of drug-likeness (QED) is 0.479. The Balaban J connectivity index is 1.45. The average Bonchev–Trinajstić information content (AvgIpc) is 3.29. The molecule has 2 heterocycles. The van der Waals surface area contributed by atoms with Gasteiger partial charge in [-0.3, -0.25) is 10.4 Å². The number of carbonyl (C=O) groups excluding carboxylic acids is 2. The van der Waals surface area contributed by atoms with Crippen LogP contribution in [-0.4, -0.2) is 49.4 Å². The van der Waals surface area contributed by atoms with Crippen LogP contribution in [0.3, 0.4) is 0 Å². The third-order valence-corrected chi connectivity index (χ3v) is 6.22. The number of hydrogen-bond acceptors (Lipinski definition) is 5. The molecule has 0 spiro atoms. The van der Waals surface area contributed by atoms with Gasteiger partial charge >= 0.3 is 12.1 Å². The number of benzene rings is 2. The van der Waals surface area contributed by atoms with E-state index < -0.39 is 6.17 Å². The molecule has 0 saturated carbocycles. The Morgan fingerprint density at radius 3 is 2.53 bits per heavy atom. The lowest BCUT2D eigenvalue weighted by Gasteiger charge is -2.30. The molecule has 0 aliphatic carbocycles. The normalized spacial score (nSPS) is 17.8. The zero-order chi connectivity index (χ0) is 25.7. The highest BCUT2D eigenvalue weighted by Crippen LogP contribution is 2.30.